The van der Waals surface area contributed by atoms with E-state index in [9.17, 15) is 13.2 Å². The molecule has 0 N–H and O–H groups in total. The molecule has 0 bridgehead atoms. The summed E-state index contributed by atoms with van der Waals surface area (Å²) in [5, 5.41) is 0. The van der Waals surface area contributed by atoms with Gasteiger partial charge in [0, 0.05) is 5.82 Å². The van der Waals surface area contributed by atoms with Crippen LogP contribution in [-0.2, 0) is 16.3 Å². The Morgan fingerprint density at radius 3 is 2.25 bits per heavy atom. The topological polar surface area (TPSA) is 0 Å². The summed E-state index contributed by atoms with van der Waals surface area (Å²) in [6.07, 6.45) is -2.57. The fourth-order valence-corrected chi connectivity index (χ4v) is 0.554. The normalized spacial score (nSPS) is 9.25. The van der Waals surface area contributed by atoms with Gasteiger partial charge in [0.1, 0.15) is 0 Å². The van der Waals surface area contributed by atoms with Crippen molar-refractivity contribution in [3.8, 4) is 0 Å². The van der Waals surface area contributed by atoms with E-state index in [0.29, 0.717) is 0 Å². The van der Waals surface area contributed by atoms with Gasteiger partial charge < -0.3 is 0 Å². The molecule has 0 atom stereocenters. The third-order valence-electron chi connectivity index (χ3n) is 1.03. The van der Waals surface area contributed by atoms with Gasteiger partial charge in [-0.3, -0.25) is 4.39 Å². The summed E-state index contributed by atoms with van der Waals surface area (Å²) in [4.78, 5) is 0. The fraction of sp³-hybridized carbons (Fsp3) is 0.143. The first kappa shape index (κ1) is 12.1. The van der Waals surface area contributed by atoms with Crippen molar-refractivity contribution in [1.82, 2.24) is 0 Å². The van der Waals surface area contributed by atoms with Gasteiger partial charge in [-0.05, 0) is 0 Å². The van der Waals surface area contributed by atoms with E-state index in [1.165, 1.54) is 16.3 Å². The van der Waals surface area contributed by atoms with Crippen LogP contribution in [0.3, 0.4) is 0 Å². The van der Waals surface area contributed by atoms with Crippen molar-refractivity contribution in [2.45, 2.75) is 6.43 Å². The van der Waals surface area contributed by atoms with E-state index in [0.717, 1.165) is 18.2 Å². The molecule has 0 radical (unpaired) electrons. The van der Waals surface area contributed by atoms with Gasteiger partial charge >= 0.3 is 30.0 Å². The molecule has 0 saturated carbocycles. The standard InChI is InChI=1S/C7H4F3.BrH.Zn/c8-6-3-1-5(2-4-6)7(9)10;;/h1,3-4,7H;1H;/q-1;;+2/p-1. The van der Waals surface area contributed by atoms with E-state index < -0.39 is 12.2 Å². The summed E-state index contributed by atoms with van der Waals surface area (Å²) in [5.74, 6) is -0.551. The monoisotopic (exact) mass is 288 g/mol. The summed E-state index contributed by atoms with van der Waals surface area (Å²) in [5.41, 5.74) is -0.276. The third-order valence-corrected chi connectivity index (χ3v) is 1.03. The summed E-state index contributed by atoms with van der Waals surface area (Å²) < 4.78 is 35.6. The van der Waals surface area contributed by atoms with Crippen LogP contribution in [0.25, 0.3) is 0 Å². The molecule has 1 aromatic carbocycles. The second-order valence-electron chi connectivity index (χ2n) is 1.76. The Labute approximate surface area is 85.2 Å². The molecule has 0 heterocycles. The average molecular weight is 290 g/mol. The number of rotatable bonds is 1. The summed E-state index contributed by atoms with van der Waals surface area (Å²) >= 11 is 4.25. The Morgan fingerprint density at radius 1 is 1.33 bits per heavy atom. The van der Waals surface area contributed by atoms with E-state index in [1.54, 1.807) is 0 Å². The van der Waals surface area contributed by atoms with Crippen molar-refractivity contribution in [3.63, 3.8) is 0 Å². The molecule has 0 amide bonds. The molecule has 0 aromatic heterocycles. The molecule has 0 aliphatic carbocycles. The summed E-state index contributed by atoms with van der Waals surface area (Å²) in [6, 6.07) is 5.00. The number of halogens is 4. The Kier molecular flexibility index (Phi) is 6.67. The van der Waals surface area contributed by atoms with Gasteiger partial charge in [-0.25, -0.2) is 8.78 Å². The summed E-state index contributed by atoms with van der Waals surface area (Å²) in [6.45, 7) is 0. The van der Waals surface area contributed by atoms with Crippen LogP contribution in [0.15, 0.2) is 18.2 Å². The number of hydrogen-bond acceptors (Lipinski definition) is 0. The summed E-state index contributed by atoms with van der Waals surface area (Å²) in [7, 11) is 0. The molecule has 1 aromatic rings. The van der Waals surface area contributed by atoms with Gasteiger partial charge in [0.2, 0.25) is 6.43 Å². The van der Waals surface area contributed by atoms with Crippen LogP contribution >= 0.6 is 13.6 Å². The van der Waals surface area contributed by atoms with Gasteiger partial charge in [-0.1, -0.05) is 5.56 Å². The quantitative estimate of drug-likeness (QED) is 0.549. The molecule has 0 spiro atoms. The predicted molar refractivity (Wildman–Crippen MR) is 39.1 cm³/mol. The molecule has 5 heteroatoms. The first-order valence-corrected chi connectivity index (χ1v) is 9.87. The van der Waals surface area contributed by atoms with Crippen LogP contribution in [0, 0.1) is 11.9 Å². The van der Waals surface area contributed by atoms with Crippen LogP contribution < -0.4 is 0 Å². The second kappa shape index (κ2) is 6.61. The van der Waals surface area contributed by atoms with Crippen LogP contribution in [0.1, 0.15) is 12.0 Å². The van der Waals surface area contributed by atoms with Gasteiger partial charge in [0.05, 0.1) is 0 Å². The molecule has 12 heavy (non-hydrogen) atoms. The molecule has 1 rings (SSSR count). The Balaban J connectivity index is 0.000000561. The van der Waals surface area contributed by atoms with Crippen molar-refractivity contribution in [3.05, 3.63) is 35.6 Å². The predicted octanol–water partition coefficient (Wildman–Crippen LogP) is 3.41. The molecular weight excluding hydrogens is 286 g/mol. The van der Waals surface area contributed by atoms with Gasteiger partial charge in [0.15, 0.2) is 0 Å². The van der Waals surface area contributed by atoms with Crippen molar-refractivity contribution in [1.29, 1.82) is 0 Å². The third kappa shape index (κ3) is 4.22. The maximum atomic E-state index is 12.1. The minimum absolute atomic E-state index is 0.276. The SMILES string of the molecule is Fc1c[c-]c(C(F)F)cc1.[Zn+][Br]. The molecule has 0 nitrogen and oxygen atoms in total. The maximum absolute atomic E-state index is 12.1. The van der Waals surface area contributed by atoms with Crippen molar-refractivity contribution < 1.29 is 29.5 Å². The van der Waals surface area contributed by atoms with E-state index in [-0.39, 0.29) is 5.56 Å². The van der Waals surface area contributed by atoms with E-state index in [4.69, 9.17) is 0 Å². The second-order valence-corrected chi connectivity index (χ2v) is 1.76. The van der Waals surface area contributed by atoms with Gasteiger partial charge in [0.25, 0.3) is 0 Å². The Bertz CT molecular complexity index is 212. The van der Waals surface area contributed by atoms with E-state index in [2.05, 4.69) is 19.7 Å². The number of benzene rings is 1. The van der Waals surface area contributed by atoms with Crippen molar-refractivity contribution >= 4 is 13.6 Å². The number of hydrogen-bond donors (Lipinski definition) is 0. The Morgan fingerprint density at radius 2 is 1.92 bits per heavy atom. The average Bonchev–Trinajstić information content (AvgIpc) is 2.09. The van der Waals surface area contributed by atoms with Gasteiger partial charge in [-0.2, -0.15) is 12.1 Å². The zero-order valence-corrected chi connectivity index (χ0v) is 10.6. The van der Waals surface area contributed by atoms with Crippen LogP contribution in [0.2, 0.25) is 0 Å². The zero-order chi connectivity index (χ0) is 9.56. The molecule has 0 saturated heterocycles. The van der Waals surface area contributed by atoms with Crippen molar-refractivity contribution in [2.24, 2.45) is 0 Å². The molecule has 0 fully saturated rings. The van der Waals surface area contributed by atoms with Crippen LogP contribution in [0.4, 0.5) is 13.2 Å². The number of alkyl halides is 2. The molecule has 62 valence electrons. The zero-order valence-electron chi connectivity index (χ0n) is 6.03. The van der Waals surface area contributed by atoms with E-state index >= 15 is 0 Å². The molecule has 0 unspecified atom stereocenters. The Hall–Kier alpha value is 0.113. The fourth-order valence-electron chi connectivity index (χ4n) is 0.554. The molecular formula is C7H4BrF3Zn. The molecule has 0 aliphatic heterocycles. The van der Waals surface area contributed by atoms with Crippen molar-refractivity contribution in [2.75, 3.05) is 0 Å². The first-order chi connectivity index (χ1) is 5.70. The van der Waals surface area contributed by atoms with Gasteiger partial charge in [-0.15, -0.1) is 12.1 Å². The van der Waals surface area contributed by atoms with Crippen LogP contribution in [0.5, 0.6) is 0 Å². The minimum atomic E-state index is -2.57. The van der Waals surface area contributed by atoms with E-state index in [1.807, 2.05) is 0 Å². The molecule has 0 aliphatic rings. The van der Waals surface area contributed by atoms with Crippen LogP contribution in [-0.4, -0.2) is 0 Å². The first-order valence-electron chi connectivity index (χ1n) is 2.92.